The summed E-state index contributed by atoms with van der Waals surface area (Å²) in [5.74, 6) is 1.44. The number of anilines is 1. The molecular formula is C14H17N5S. The fraction of sp³-hybridized carbons (Fsp3) is 0.357. The molecule has 6 heteroatoms. The molecule has 0 radical (unpaired) electrons. The first-order chi connectivity index (χ1) is 9.74. The van der Waals surface area contributed by atoms with Crippen molar-refractivity contribution >= 4 is 28.2 Å². The SMILES string of the molecule is CC(C)CC(Nc1ncnc2[nH]ncc12)c1cccs1. The van der Waals surface area contributed by atoms with Crippen molar-refractivity contribution in [2.75, 3.05) is 5.32 Å². The van der Waals surface area contributed by atoms with Crippen LogP contribution in [0.4, 0.5) is 5.82 Å². The van der Waals surface area contributed by atoms with E-state index in [9.17, 15) is 0 Å². The maximum atomic E-state index is 4.36. The highest BCUT2D eigenvalue weighted by Gasteiger charge is 2.16. The molecule has 0 spiro atoms. The molecule has 0 aliphatic carbocycles. The lowest BCUT2D eigenvalue weighted by atomic mass is 10.0. The Morgan fingerprint density at radius 2 is 2.25 bits per heavy atom. The highest BCUT2D eigenvalue weighted by Crippen LogP contribution is 2.30. The minimum atomic E-state index is 0.267. The van der Waals surface area contributed by atoms with Crippen LogP contribution in [-0.4, -0.2) is 20.2 Å². The molecular weight excluding hydrogens is 270 g/mol. The summed E-state index contributed by atoms with van der Waals surface area (Å²) in [6.45, 7) is 4.46. The van der Waals surface area contributed by atoms with Crippen LogP contribution in [0.1, 0.15) is 31.2 Å². The van der Waals surface area contributed by atoms with Gasteiger partial charge in [-0.25, -0.2) is 9.97 Å². The average molecular weight is 287 g/mol. The van der Waals surface area contributed by atoms with Gasteiger partial charge in [-0.2, -0.15) is 5.10 Å². The predicted octanol–water partition coefficient (Wildman–Crippen LogP) is 3.61. The normalized spacial score (nSPS) is 12.9. The van der Waals surface area contributed by atoms with Gasteiger partial charge in [0, 0.05) is 4.88 Å². The van der Waals surface area contributed by atoms with Crippen molar-refractivity contribution in [2.24, 2.45) is 5.92 Å². The summed E-state index contributed by atoms with van der Waals surface area (Å²) in [5, 5.41) is 13.5. The van der Waals surface area contributed by atoms with Gasteiger partial charge < -0.3 is 5.32 Å². The van der Waals surface area contributed by atoms with E-state index in [1.54, 1.807) is 23.9 Å². The fourth-order valence-electron chi connectivity index (χ4n) is 2.25. The van der Waals surface area contributed by atoms with Gasteiger partial charge in [0.15, 0.2) is 5.65 Å². The topological polar surface area (TPSA) is 66.5 Å². The molecule has 2 N–H and O–H groups in total. The van der Waals surface area contributed by atoms with Gasteiger partial charge in [0.05, 0.1) is 17.6 Å². The Morgan fingerprint density at radius 1 is 1.35 bits per heavy atom. The molecule has 5 nitrogen and oxygen atoms in total. The number of nitrogens with one attached hydrogen (secondary N) is 2. The Bertz CT molecular complexity index is 674. The van der Waals surface area contributed by atoms with Crippen molar-refractivity contribution < 1.29 is 0 Å². The Morgan fingerprint density at radius 3 is 3.00 bits per heavy atom. The smallest absolute Gasteiger partial charge is 0.160 e. The zero-order valence-electron chi connectivity index (χ0n) is 11.5. The van der Waals surface area contributed by atoms with Crippen LogP contribution in [0.15, 0.2) is 30.0 Å². The van der Waals surface area contributed by atoms with E-state index in [4.69, 9.17) is 0 Å². The number of aromatic nitrogens is 4. The van der Waals surface area contributed by atoms with Crippen molar-refractivity contribution in [1.29, 1.82) is 0 Å². The fourth-order valence-corrected chi connectivity index (χ4v) is 3.04. The summed E-state index contributed by atoms with van der Waals surface area (Å²) < 4.78 is 0. The second-order valence-electron chi connectivity index (χ2n) is 5.20. The average Bonchev–Trinajstić information content (AvgIpc) is 3.09. The molecule has 1 atom stereocenters. The first-order valence-corrected chi connectivity index (χ1v) is 7.56. The van der Waals surface area contributed by atoms with Crippen molar-refractivity contribution in [3.05, 3.63) is 34.9 Å². The van der Waals surface area contributed by atoms with Crippen LogP contribution in [0.3, 0.4) is 0 Å². The zero-order valence-corrected chi connectivity index (χ0v) is 12.3. The molecule has 0 aliphatic rings. The Hall–Kier alpha value is -1.95. The van der Waals surface area contributed by atoms with E-state index in [1.165, 1.54) is 4.88 Å². The van der Waals surface area contributed by atoms with Crippen LogP contribution < -0.4 is 5.32 Å². The summed E-state index contributed by atoms with van der Waals surface area (Å²) in [5.41, 5.74) is 0.761. The van der Waals surface area contributed by atoms with Gasteiger partial charge in [-0.15, -0.1) is 11.3 Å². The Kier molecular flexibility index (Phi) is 3.64. The quantitative estimate of drug-likeness (QED) is 0.752. The molecule has 20 heavy (non-hydrogen) atoms. The third kappa shape index (κ3) is 2.65. The number of aromatic amines is 1. The number of hydrogen-bond acceptors (Lipinski definition) is 5. The minimum Gasteiger partial charge on any atom is -0.362 e. The van der Waals surface area contributed by atoms with E-state index in [-0.39, 0.29) is 6.04 Å². The van der Waals surface area contributed by atoms with Crippen molar-refractivity contribution in [3.8, 4) is 0 Å². The second kappa shape index (κ2) is 5.58. The molecule has 0 fully saturated rings. The summed E-state index contributed by atoms with van der Waals surface area (Å²) in [6.07, 6.45) is 4.38. The summed E-state index contributed by atoms with van der Waals surface area (Å²) in [4.78, 5) is 9.85. The molecule has 3 aromatic rings. The molecule has 0 saturated heterocycles. The number of rotatable bonds is 5. The van der Waals surface area contributed by atoms with Gasteiger partial charge in [0.1, 0.15) is 12.1 Å². The van der Waals surface area contributed by atoms with E-state index in [2.05, 4.69) is 56.8 Å². The van der Waals surface area contributed by atoms with Gasteiger partial charge in [-0.1, -0.05) is 19.9 Å². The van der Waals surface area contributed by atoms with Gasteiger partial charge in [-0.3, -0.25) is 5.10 Å². The summed E-state index contributed by atoms with van der Waals surface area (Å²) in [7, 11) is 0. The maximum Gasteiger partial charge on any atom is 0.160 e. The first kappa shape index (κ1) is 13.1. The van der Waals surface area contributed by atoms with Gasteiger partial charge in [0.25, 0.3) is 0 Å². The van der Waals surface area contributed by atoms with Gasteiger partial charge >= 0.3 is 0 Å². The summed E-state index contributed by atoms with van der Waals surface area (Å²) in [6, 6.07) is 4.52. The molecule has 3 aromatic heterocycles. The van der Waals surface area contributed by atoms with Gasteiger partial charge in [-0.05, 0) is 23.8 Å². The molecule has 3 heterocycles. The predicted molar refractivity (Wildman–Crippen MR) is 81.8 cm³/mol. The van der Waals surface area contributed by atoms with Crippen molar-refractivity contribution in [1.82, 2.24) is 20.2 Å². The van der Waals surface area contributed by atoms with E-state index >= 15 is 0 Å². The van der Waals surface area contributed by atoms with Crippen molar-refractivity contribution in [2.45, 2.75) is 26.3 Å². The number of nitrogens with zero attached hydrogens (tertiary/aromatic N) is 3. The molecule has 0 aromatic carbocycles. The number of fused-ring (bicyclic) bond motifs is 1. The summed E-state index contributed by atoms with van der Waals surface area (Å²) >= 11 is 1.77. The lowest BCUT2D eigenvalue weighted by Crippen LogP contribution is -2.13. The highest BCUT2D eigenvalue weighted by molar-refractivity contribution is 7.10. The third-order valence-corrected chi connectivity index (χ3v) is 4.14. The third-order valence-electron chi connectivity index (χ3n) is 3.15. The molecule has 0 saturated carbocycles. The van der Waals surface area contributed by atoms with E-state index in [0.717, 1.165) is 23.3 Å². The maximum absolute atomic E-state index is 4.36. The Labute approximate surface area is 121 Å². The standard InChI is InChI=1S/C14H17N5S/c1-9(2)6-11(12-4-3-5-20-12)18-13-10-7-17-19-14(10)16-8-15-13/h3-5,7-9,11H,6H2,1-2H3,(H2,15,16,17,18,19). The lowest BCUT2D eigenvalue weighted by Gasteiger charge is -2.20. The van der Waals surface area contributed by atoms with Crippen LogP contribution in [0.25, 0.3) is 11.0 Å². The molecule has 104 valence electrons. The molecule has 0 bridgehead atoms. The Balaban J connectivity index is 1.91. The second-order valence-corrected chi connectivity index (χ2v) is 6.18. The van der Waals surface area contributed by atoms with E-state index in [1.807, 2.05) is 0 Å². The van der Waals surface area contributed by atoms with E-state index < -0.39 is 0 Å². The largest absolute Gasteiger partial charge is 0.362 e. The van der Waals surface area contributed by atoms with Crippen molar-refractivity contribution in [3.63, 3.8) is 0 Å². The lowest BCUT2D eigenvalue weighted by molar-refractivity contribution is 0.535. The molecule has 3 rings (SSSR count). The van der Waals surface area contributed by atoms with Crippen LogP contribution in [0, 0.1) is 5.92 Å². The van der Waals surface area contributed by atoms with Crippen LogP contribution in [-0.2, 0) is 0 Å². The number of H-pyrrole nitrogens is 1. The monoisotopic (exact) mass is 287 g/mol. The van der Waals surface area contributed by atoms with Gasteiger partial charge in [0.2, 0.25) is 0 Å². The molecule has 1 unspecified atom stereocenters. The first-order valence-electron chi connectivity index (χ1n) is 6.68. The van der Waals surface area contributed by atoms with E-state index in [0.29, 0.717) is 5.92 Å². The minimum absolute atomic E-state index is 0.267. The molecule has 0 aliphatic heterocycles. The van der Waals surface area contributed by atoms with Crippen LogP contribution >= 0.6 is 11.3 Å². The number of hydrogen-bond donors (Lipinski definition) is 2. The molecule has 0 amide bonds. The van der Waals surface area contributed by atoms with Crippen LogP contribution in [0.5, 0.6) is 0 Å². The van der Waals surface area contributed by atoms with Crippen LogP contribution in [0.2, 0.25) is 0 Å². The number of thiophene rings is 1. The highest BCUT2D eigenvalue weighted by atomic mass is 32.1. The zero-order chi connectivity index (χ0) is 13.9.